The fourth-order valence-corrected chi connectivity index (χ4v) is 2.89. The summed E-state index contributed by atoms with van der Waals surface area (Å²) in [6.45, 7) is 12.7. The van der Waals surface area contributed by atoms with Crippen LogP contribution in [0, 0.1) is 0 Å². The molecule has 0 atom stereocenters. The summed E-state index contributed by atoms with van der Waals surface area (Å²) in [6, 6.07) is 3.42. The molecule has 0 amide bonds. The molecule has 1 aromatic carbocycles. The maximum atomic E-state index is 11.6. The number of carbonyl (C=O) groups is 1. The Hall–Kier alpha value is -1.53. The molecule has 0 heterocycles. The van der Waals surface area contributed by atoms with Crippen molar-refractivity contribution in [2.75, 3.05) is 13.9 Å². The monoisotopic (exact) mass is 340 g/mol. The first kappa shape index (κ1) is 19.5. The molecule has 0 aliphatic rings. The predicted molar refractivity (Wildman–Crippen MR) is 93.1 cm³/mol. The number of hydrogen-bond acceptors (Lipinski definition) is 4. The smallest absolute Gasteiger partial charge is 0.339 e. The van der Waals surface area contributed by atoms with Gasteiger partial charge in [-0.3, -0.25) is 0 Å². The van der Waals surface area contributed by atoms with Crippen LogP contribution in [0.5, 0.6) is 11.5 Å². The minimum Gasteiger partial charge on any atom is -0.543 e. The maximum Gasteiger partial charge on any atom is 0.339 e. The summed E-state index contributed by atoms with van der Waals surface area (Å²) in [4.78, 5) is 11.6. The quantitative estimate of drug-likeness (QED) is 0.592. The standard InChI is InChI=1S/C17H28O5Si/c1-8-12-9-13(22-23(6,7)17(2,3)4)10-14(16(18)19)15(12)21-11-20-5/h9-10H,8,11H2,1-7H3,(H,18,19). The molecule has 1 N–H and O–H groups in total. The lowest BCUT2D eigenvalue weighted by molar-refractivity contribution is 0.0476. The molecule has 0 aromatic heterocycles. The average molecular weight is 340 g/mol. The first-order valence-corrected chi connectivity index (χ1v) is 10.6. The zero-order chi connectivity index (χ0) is 17.8. The van der Waals surface area contributed by atoms with Gasteiger partial charge in [-0.1, -0.05) is 27.7 Å². The third-order valence-electron chi connectivity index (χ3n) is 4.25. The van der Waals surface area contributed by atoms with Gasteiger partial charge < -0.3 is 19.0 Å². The van der Waals surface area contributed by atoms with Gasteiger partial charge in [0.1, 0.15) is 17.1 Å². The molecule has 1 rings (SSSR count). The Morgan fingerprint density at radius 3 is 2.30 bits per heavy atom. The molecular weight excluding hydrogens is 312 g/mol. The van der Waals surface area contributed by atoms with Crippen molar-refractivity contribution in [3.05, 3.63) is 23.3 Å². The van der Waals surface area contributed by atoms with Crippen molar-refractivity contribution in [1.82, 2.24) is 0 Å². The second kappa shape index (κ2) is 7.36. The molecule has 0 unspecified atom stereocenters. The highest BCUT2D eigenvalue weighted by atomic mass is 28.4. The van der Waals surface area contributed by atoms with E-state index in [0.29, 0.717) is 17.9 Å². The first-order chi connectivity index (χ1) is 10.5. The van der Waals surface area contributed by atoms with Gasteiger partial charge in [0, 0.05) is 7.11 Å². The zero-order valence-corrected chi connectivity index (χ0v) is 16.1. The first-order valence-electron chi connectivity index (χ1n) is 7.74. The van der Waals surface area contributed by atoms with E-state index >= 15 is 0 Å². The normalized spacial score (nSPS) is 12.1. The summed E-state index contributed by atoms with van der Waals surface area (Å²) < 4.78 is 16.6. The fraction of sp³-hybridized carbons (Fsp3) is 0.588. The number of aromatic carboxylic acids is 1. The molecule has 23 heavy (non-hydrogen) atoms. The van der Waals surface area contributed by atoms with Crippen LogP contribution in [0.2, 0.25) is 18.1 Å². The molecule has 130 valence electrons. The average Bonchev–Trinajstić information content (AvgIpc) is 2.43. The van der Waals surface area contributed by atoms with Gasteiger partial charge in [0.05, 0.1) is 0 Å². The van der Waals surface area contributed by atoms with Gasteiger partial charge in [-0.2, -0.15) is 0 Å². The van der Waals surface area contributed by atoms with Gasteiger partial charge in [-0.25, -0.2) is 4.79 Å². The van der Waals surface area contributed by atoms with E-state index in [2.05, 4.69) is 33.9 Å². The third-order valence-corrected chi connectivity index (χ3v) is 8.61. The number of benzene rings is 1. The number of rotatable bonds is 7. The molecule has 0 spiro atoms. The van der Waals surface area contributed by atoms with Crippen LogP contribution in [-0.2, 0) is 11.2 Å². The van der Waals surface area contributed by atoms with Crippen molar-refractivity contribution in [1.29, 1.82) is 0 Å². The molecule has 0 aliphatic heterocycles. The Labute approximate surface area is 139 Å². The van der Waals surface area contributed by atoms with Crippen molar-refractivity contribution in [3.63, 3.8) is 0 Å². The fourth-order valence-electron chi connectivity index (χ4n) is 1.88. The Bertz CT molecular complexity index is 561. The van der Waals surface area contributed by atoms with Crippen molar-refractivity contribution in [3.8, 4) is 11.5 Å². The Kier molecular flexibility index (Phi) is 6.24. The second-order valence-electron chi connectivity index (χ2n) is 7.03. The summed E-state index contributed by atoms with van der Waals surface area (Å²) in [5.41, 5.74) is 0.908. The van der Waals surface area contributed by atoms with E-state index in [4.69, 9.17) is 13.9 Å². The Morgan fingerprint density at radius 2 is 1.87 bits per heavy atom. The molecular formula is C17H28O5Si. The van der Waals surface area contributed by atoms with E-state index in [-0.39, 0.29) is 17.4 Å². The number of ether oxygens (including phenoxy) is 2. The largest absolute Gasteiger partial charge is 0.543 e. The number of carboxylic acids is 1. The molecule has 0 radical (unpaired) electrons. The Balaban J connectivity index is 3.31. The molecule has 0 saturated heterocycles. The van der Waals surface area contributed by atoms with Crippen LogP contribution < -0.4 is 9.16 Å². The third kappa shape index (κ3) is 4.72. The molecule has 0 bridgehead atoms. The molecule has 6 heteroatoms. The van der Waals surface area contributed by atoms with Gasteiger partial charge in [0.15, 0.2) is 6.79 Å². The number of aryl methyl sites for hydroxylation is 1. The van der Waals surface area contributed by atoms with Gasteiger partial charge in [-0.15, -0.1) is 0 Å². The predicted octanol–water partition coefficient (Wildman–Crippen LogP) is 4.31. The maximum absolute atomic E-state index is 11.6. The number of carboxylic acid groups (broad SMARTS) is 1. The highest BCUT2D eigenvalue weighted by molar-refractivity contribution is 6.74. The minimum atomic E-state index is -2.04. The molecule has 1 aromatic rings. The van der Waals surface area contributed by atoms with Crippen LogP contribution in [0.4, 0.5) is 0 Å². The summed E-state index contributed by atoms with van der Waals surface area (Å²) in [6.07, 6.45) is 0.647. The van der Waals surface area contributed by atoms with Crippen LogP contribution in [0.15, 0.2) is 12.1 Å². The lowest BCUT2D eigenvalue weighted by Gasteiger charge is -2.36. The molecule has 0 aliphatic carbocycles. The van der Waals surface area contributed by atoms with Crippen LogP contribution in [0.1, 0.15) is 43.6 Å². The van der Waals surface area contributed by atoms with Crippen molar-refractivity contribution in [2.24, 2.45) is 0 Å². The van der Waals surface area contributed by atoms with Gasteiger partial charge in [-0.05, 0) is 42.2 Å². The van der Waals surface area contributed by atoms with Crippen LogP contribution in [0.25, 0.3) is 0 Å². The zero-order valence-electron chi connectivity index (χ0n) is 15.1. The van der Waals surface area contributed by atoms with E-state index in [1.165, 1.54) is 7.11 Å². The lowest BCUT2D eigenvalue weighted by atomic mass is 10.1. The van der Waals surface area contributed by atoms with Crippen LogP contribution >= 0.6 is 0 Å². The van der Waals surface area contributed by atoms with Gasteiger partial charge in [0.25, 0.3) is 0 Å². The van der Waals surface area contributed by atoms with Crippen LogP contribution in [0.3, 0.4) is 0 Å². The molecule has 0 fully saturated rings. The molecule has 0 saturated carbocycles. The van der Waals surface area contributed by atoms with E-state index in [9.17, 15) is 9.90 Å². The lowest BCUT2D eigenvalue weighted by Crippen LogP contribution is -2.43. The SMILES string of the molecule is CCc1cc(O[Si](C)(C)C(C)(C)C)cc(C(=O)O)c1OCOC. The minimum absolute atomic E-state index is 0.00964. The van der Waals surface area contributed by atoms with Gasteiger partial charge >= 0.3 is 5.97 Å². The topological polar surface area (TPSA) is 65.0 Å². The Morgan fingerprint density at radius 1 is 1.26 bits per heavy atom. The highest BCUT2D eigenvalue weighted by Crippen LogP contribution is 2.39. The highest BCUT2D eigenvalue weighted by Gasteiger charge is 2.39. The van der Waals surface area contributed by atoms with Crippen molar-refractivity contribution in [2.45, 2.75) is 52.2 Å². The summed E-state index contributed by atoms with van der Waals surface area (Å²) >= 11 is 0. The van der Waals surface area contributed by atoms with Gasteiger partial charge in [0.2, 0.25) is 8.32 Å². The summed E-state index contributed by atoms with van der Waals surface area (Å²) in [5, 5.41) is 9.54. The van der Waals surface area contributed by atoms with E-state index in [1.54, 1.807) is 6.07 Å². The van der Waals surface area contributed by atoms with E-state index in [1.807, 2.05) is 13.0 Å². The summed E-state index contributed by atoms with van der Waals surface area (Å²) in [5.74, 6) is -0.0912. The number of hydrogen-bond donors (Lipinski definition) is 1. The van der Waals surface area contributed by atoms with Crippen LogP contribution in [-0.4, -0.2) is 33.3 Å². The van der Waals surface area contributed by atoms with Crippen molar-refractivity contribution >= 4 is 14.3 Å². The molecule has 5 nitrogen and oxygen atoms in total. The van der Waals surface area contributed by atoms with E-state index in [0.717, 1.165) is 5.56 Å². The van der Waals surface area contributed by atoms with E-state index < -0.39 is 14.3 Å². The second-order valence-corrected chi connectivity index (χ2v) is 11.8. The van der Waals surface area contributed by atoms with Crippen molar-refractivity contribution < 1.29 is 23.8 Å². The number of methoxy groups -OCH3 is 1. The summed E-state index contributed by atoms with van der Waals surface area (Å²) in [7, 11) is -0.539.